The predicted molar refractivity (Wildman–Crippen MR) is 50.3 cm³/mol. The van der Waals surface area contributed by atoms with E-state index < -0.39 is 24.7 Å². The molecule has 16 heavy (non-hydrogen) atoms. The van der Waals surface area contributed by atoms with E-state index in [1.807, 2.05) is 5.32 Å². The Kier molecular flexibility index (Phi) is 2.41. The van der Waals surface area contributed by atoms with Crippen molar-refractivity contribution in [2.24, 2.45) is 0 Å². The highest BCUT2D eigenvalue weighted by Gasteiger charge is 2.47. The molecule has 1 aliphatic heterocycles. The largest absolute Gasteiger partial charge is 0.508 e. The van der Waals surface area contributed by atoms with Crippen LogP contribution < -0.4 is 5.32 Å². The minimum atomic E-state index is -3.24. The van der Waals surface area contributed by atoms with Gasteiger partial charge < -0.3 is 15.2 Å². The summed E-state index contributed by atoms with van der Waals surface area (Å²) in [4.78, 5) is 10.9. The SMILES string of the molecule is O=C1N[C@@H](c2ccccc2O)C(F)(F)CO1. The van der Waals surface area contributed by atoms with Gasteiger partial charge in [-0.25, -0.2) is 13.6 Å². The minimum absolute atomic E-state index is 0.0239. The van der Waals surface area contributed by atoms with Crippen LogP contribution in [-0.2, 0) is 4.74 Å². The van der Waals surface area contributed by atoms with Crippen LogP contribution in [0, 0.1) is 0 Å². The van der Waals surface area contributed by atoms with Crippen LogP contribution in [0.3, 0.4) is 0 Å². The molecule has 0 radical (unpaired) electrons. The van der Waals surface area contributed by atoms with Crippen LogP contribution >= 0.6 is 0 Å². The number of nitrogens with one attached hydrogen (secondary N) is 1. The average molecular weight is 229 g/mol. The van der Waals surface area contributed by atoms with E-state index in [1.54, 1.807) is 0 Å². The molecule has 0 aliphatic carbocycles. The summed E-state index contributed by atoms with van der Waals surface area (Å²) >= 11 is 0. The van der Waals surface area contributed by atoms with Crippen LogP contribution in [0.15, 0.2) is 24.3 Å². The Morgan fingerprint density at radius 2 is 2.12 bits per heavy atom. The lowest BCUT2D eigenvalue weighted by molar-refractivity contribution is -0.104. The number of hydrogen-bond acceptors (Lipinski definition) is 3. The standard InChI is InChI=1S/C10H9F2NO3/c11-10(12)5-16-9(15)13-8(10)6-3-1-2-4-7(6)14/h1-4,8,14H,5H2,(H,13,15)/t8-/m0/s1. The third-order valence-electron chi connectivity index (χ3n) is 2.33. The van der Waals surface area contributed by atoms with Crippen LogP contribution in [-0.4, -0.2) is 23.7 Å². The number of phenols is 1. The molecule has 0 saturated carbocycles. The van der Waals surface area contributed by atoms with Crippen molar-refractivity contribution in [1.29, 1.82) is 0 Å². The van der Waals surface area contributed by atoms with Crippen molar-refractivity contribution in [3.63, 3.8) is 0 Å². The number of amides is 1. The molecule has 6 heteroatoms. The van der Waals surface area contributed by atoms with E-state index in [0.717, 1.165) is 0 Å². The lowest BCUT2D eigenvalue weighted by Gasteiger charge is -2.32. The van der Waals surface area contributed by atoms with Crippen molar-refractivity contribution in [3.05, 3.63) is 29.8 Å². The van der Waals surface area contributed by atoms with Crippen LogP contribution in [0.2, 0.25) is 0 Å². The van der Waals surface area contributed by atoms with Crippen molar-refractivity contribution >= 4 is 6.09 Å². The molecule has 1 aromatic rings. The molecule has 1 heterocycles. The summed E-state index contributed by atoms with van der Waals surface area (Å²) in [5.74, 6) is -3.53. The third kappa shape index (κ3) is 1.78. The summed E-state index contributed by atoms with van der Waals surface area (Å²) in [6, 6.07) is 4.08. The van der Waals surface area contributed by atoms with E-state index in [-0.39, 0.29) is 11.3 Å². The van der Waals surface area contributed by atoms with Gasteiger partial charge in [0, 0.05) is 5.56 Å². The number of phenolic OH excluding ortho intramolecular Hbond substituents is 1. The van der Waals surface area contributed by atoms with Crippen LogP contribution in [0.1, 0.15) is 11.6 Å². The summed E-state index contributed by atoms with van der Waals surface area (Å²) in [6.07, 6.45) is -0.917. The van der Waals surface area contributed by atoms with Crippen molar-refractivity contribution in [2.75, 3.05) is 6.61 Å². The van der Waals surface area contributed by atoms with Gasteiger partial charge in [0.2, 0.25) is 0 Å². The van der Waals surface area contributed by atoms with Gasteiger partial charge in [-0.1, -0.05) is 18.2 Å². The highest BCUT2D eigenvalue weighted by Crippen LogP contribution is 2.37. The maximum Gasteiger partial charge on any atom is 0.408 e. The Balaban J connectivity index is 2.38. The molecule has 0 unspecified atom stereocenters. The lowest BCUT2D eigenvalue weighted by atomic mass is 9.99. The van der Waals surface area contributed by atoms with Gasteiger partial charge in [-0.3, -0.25) is 0 Å². The van der Waals surface area contributed by atoms with Crippen molar-refractivity contribution in [2.45, 2.75) is 12.0 Å². The van der Waals surface area contributed by atoms with Gasteiger partial charge in [0.05, 0.1) is 0 Å². The maximum atomic E-state index is 13.5. The minimum Gasteiger partial charge on any atom is -0.508 e. The Morgan fingerprint density at radius 1 is 1.44 bits per heavy atom. The molecular weight excluding hydrogens is 220 g/mol. The zero-order chi connectivity index (χ0) is 11.8. The van der Waals surface area contributed by atoms with E-state index in [0.29, 0.717) is 0 Å². The number of cyclic esters (lactones) is 1. The number of para-hydroxylation sites is 1. The van der Waals surface area contributed by atoms with Gasteiger partial charge in [0.15, 0.2) is 6.61 Å². The molecule has 2 N–H and O–H groups in total. The van der Waals surface area contributed by atoms with Crippen LogP contribution in [0.5, 0.6) is 5.75 Å². The summed E-state index contributed by atoms with van der Waals surface area (Å²) < 4.78 is 31.1. The number of hydrogen-bond donors (Lipinski definition) is 2. The molecule has 1 amide bonds. The molecule has 86 valence electrons. The molecule has 1 saturated heterocycles. The zero-order valence-electron chi connectivity index (χ0n) is 8.11. The van der Waals surface area contributed by atoms with Crippen LogP contribution in [0.4, 0.5) is 13.6 Å². The Bertz CT molecular complexity index is 422. The van der Waals surface area contributed by atoms with Gasteiger partial charge in [-0.2, -0.15) is 0 Å². The topological polar surface area (TPSA) is 58.6 Å². The van der Waals surface area contributed by atoms with E-state index in [9.17, 15) is 18.7 Å². The van der Waals surface area contributed by atoms with Crippen molar-refractivity contribution < 1.29 is 23.4 Å². The summed E-state index contributed by atoms with van der Waals surface area (Å²) in [5.41, 5.74) is -0.0239. The molecule has 1 fully saturated rings. The van der Waals surface area contributed by atoms with Crippen molar-refractivity contribution in [3.8, 4) is 5.75 Å². The first-order valence-corrected chi connectivity index (χ1v) is 4.60. The fraction of sp³-hybridized carbons (Fsp3) is 0.300. The molecular formula is C10H9F2NO3. The number of benzene rings is 1. The first kappa shape index (κ1) is 10.7. The zero-order valence-corrected chi connectivity index (χ0v) is 8.11. The Morgan fingerprint density at radius 3 is 2.81 bits per heavy atom. The third-order valence-corrected chi connectivity index (χ3v) is 2.33. The van der Waals surface area contributed by atoms with E-state index in [2.05, 4.69) is 4.74 Å². The lowest BCUT2D eigenvalue weighted by Crippen LogP contribution is -2.49. The predicted octanol–water partition coefficient (Wildman–Crippen LogP) is 1.81. The van der Waals surface area contributed by atoms with Gasteiger partial charge >= 0.3 is 12.0 Å². The normalized spacial score (nSPS) is 23.4. The fourth-order valence-corrected chi connectivity index (χ4v) is 1.55. The average Bonchev–Trinajstić information content (AvgIpc) is 2.23. The highest BCUT2D eigenvalue weighted by atomic mass is 19.3. The second-order valence-electron chi connectivity index (χ2n) is 3.47. The van der Waals surface area contributed by atoms with Gasteiger partial charge in [-0.15, -0.1) is 0 Å². The molecule has 0 bridgehead atoms. The molecule has 1 atom stereocenters. The second-order valence-corrected chi connectivity index (χ2v) is 3.47. The quantitative estimate of drug-likeness (QED) is 0.772. The summed E-state index contributed by atoms with van der Waals surface area (Å²) in [7, 11) is 0. The molecule has 2 rings (SSSR count). The van der Waals surface area contributed by atoms with E-state index in [4.69, 9.17) is 0 Å². The van der Waals surface area contributed by atoms with E-state index >= 15 is 0 Å². The first-order valence-electron chi connectivity index (χ1n) is 4.60. The molecule has 1 aromatic carbocycles. The van der Waals surface area contributed by atoms with E-state index in [1.165, 1.54) is 24.3 Å². The van der Waals surface area contributed by atoms with Gasteiger partial charge in [0.25, 0.3) is 0 Å². The molecule has 0 aromatic heterocycles. The second kappa shape index (κ2) is 3.62. The number of alkyl halides is 2. The monoisotopic (exact) mass is 229 g/mol. The van der Waals surface area contributed by atoms with Crippen molar-refractivity contribution in [1.82, 2.24) is 5.32 Å². The molecule has 0 spiro atoms. The Labute approximate surface area is 89.8 Å². The first-order chi connectivity index (χ1) is 7.50. The smallest absolute Gasteiger partial charge is 0.408 e. The summed E-state index contributed by atoms with van der Waals surface area (Å²) in [5, 5.41) is 11.4. The highest BCUT2D eigenvalue weighted by molar-refractivity contribution is 5.69. The number of rotatable bonds is 1. The number of carbonyl (C=O) groups is 1. The summed E-state index contributed by atoms with van der Waals surface area (Å²) in [6.45, 7) is -0.988. The number of alkyl carbamates (subject to hydrolysis) is 1. The number of ether oxygens (including phenoxy) is 1. The maximum absolute atomic E-state index is 13.5. The fourth-order valence-electron chi connectivity index (χ4n) is 1.55. The number of halogens is 2. The molecule has 4 nitrogen and oxygen atoms in total. The Hall–Kier alpha value is -1.85. The number of aromatic hydroxyl groups is 1. The van der Waals surface area contributed by atoms with Gasteiger partial charge in [0.1, 0.15) is 11.8 Å². The molecule has 1 aliphatic rings. The number of carbonyl (C=O) groups excluding carboxylic acids is 1. The van der Waals surface area contributed by atoms with Crippen LogP contribution in [0.25, 0.3) is 0 Å². The van der Waals surface area contributed by atoms with Gasteiger partial charge in [-0.05, 0) is 6.07 Å².